The van der Waals surface area contributed by atoms with E-state index in [1.165, 1.54) is 5.56 Å². The Balaban J connectivity index is 1.82. The van der Waals surface area contributed by atoms with Gasteiger partial charge in [0, 0.05) is 6.04 Å². The quantitative estimate of drug-likeness (QED) is 0.872. The first kappa shape index (κ1) is 13.3. The molecule has 0 saturated heterocycles. The lowest BCUT2D eigenvalue weighted by molar-refractivity contribution is -0.121. The molecule has 2 aromatic rings. The van der Waals surface area contributed by atoms with Gasteiger partial charge in [0.2, 0.25) is 5.91 Å². The van der Waals surface area contributed by atoms with E-state index >= 15 is 0 Å². The zero-order valence-corrected chi connectivity index (χ0v) is 11.2. The first-order chi connectivity index (χ1) is 9.24. The number of hydrogen-bond acceptors (Lipinski definition) is 1. The third-order valence-electron chi connectivity index (χ3n) is 3.00. The molecule has 2 nitrogen and oxygen atoms in total. The van der Waals surface area contributed by atoms with Crippen LogP contribution in [-0.2, 0) is 17.6 Å². The lowest BCUT2D eigenvalue weighted by atomic mass is 10.1. The van der Waals surface area contributed by atoms with Crippen LogP contribution in [0.3, 0.4) is 0 Å². The molecule has 0 unspecified atom stereocenters. The summed E-state index contributed by atoms with van der Waals surface area (Å²) in [6.45, 7) is 2.04. The standard InChI is InChI=1S/C17H19NO/c1-14(12-15-8-4-2-5-9-15)18-17(19)13-16-10-6-3-7-11-16/h2-11,14H,12-13H2,1H3,(H,18,19)/t14-/m0/s1. The molecule has 0 heterocycles. The molecule has 0 aromatic heterocycles. The van der Waals surface area contributed by atoms with E-state index in [0.29, 0.717) is 6.42 Å². The average molecular weight is 253 g/mol. The van der Waals surface area contributed by atoms with E-state index in [9.17, 15) is 4.79 Å². The smallest absolute Gasteiger partial charge is 0.224 e. The summed E-state index contributed by atoms with van der Waals surface area (Å²) < 4.78 is 0. The van der Waals surface area contributed by atoms with Crippen molar-refractivity contribution in [3.05, 3.63) is 71.8 Å². The maximum absolute atomic E-state index is 11.9. The Hall–Kier alpha value is -2.09. The molecule has 19 heavy (non-hydrogen) atoms. The van der Waals surface area contributed by atoms with Crippen LogP contribution in [-0.4, -0.2) is 11.9 Å². The van der Waals surface area contributed by atoms with Crippen molar-refractivity contribution < 1.29 is 4.79 Å². The molecule has 2 rings (SSSR count). The van der Waals surface area contributed by atoms with Crippen molar-refractivity contribution in [3.63, 3.8) is 0 Å². The summed E-state index contributed by atoms with van der Waals surface area (Å²) in [5.74, 6) is 0.0784. The van der Waals surface area contributed by atoms with E-state index in [4.69, 9.17) is 0 Å². The molecule has 2 heteroatoms. The number of benzene rings is 2. The molecule has 2 aromatic carbocycles. The van der Waals surface area contributed by atoms with Crippen LogP contribution < -0.4 is 5.32 Å². The largest absolute Gasteiger partial charge is 0.353 e. The Morgan fingerprint density at radius 2 is 1.47 bits per heavy atom. The Kier molecular flexibility index (Phi) is 4.73. The molecule has 1 atom stereocenters. The zero-order valence-electron chi connectivity index (χ0n) is 11.2. The van der Waals surface area contributed by atoms with E-state index in [-0.39, 0.29) is 11.9 Å². The SMILES string of the molecule is C[C@@H](Cc1ccccc1)NC(=O)Cc1ccccc1. The predicted octanol–water partition coefficient (Wildman–Crippen LogP) is 2.98. The summed E-state index contributed by atoms with van der Waals surface area (Å²) in [5.41, 5.74) is 2.29. The van der Waals surface area contributed by atoms with Gasteiger partial charge in [0.05, 0.1) is 6.42 Å². The maximum atomic E-state index is 11.9. The zero-order chi connectivity index (χ0) is 13.5. The van der Waals surface area contributed by atoms with Gasteiger partial charge in [0.15, 0.2) is 0 Å². The van der Waals surface area contributed by atoms with E-state index in [1.54, 1.807) is 0 Å². The van der Waals surface area contributed by atoms with Crippen LogP contribution in [0.15, 0.2) is 60.7 Å². The second-order valence-electron chi connectivity index (χ2n) is 4.82. The number of amides is 1. The Bertz CT molecular complexity index is 507. The fourth-order valence-corrected chi connectivity index (χ4v) is 2.13. The molecule has 0 saturated carbocycles. The van der Waals surface area contributed by atoms with Gasteiger partial charge in [-0.05, 0) is 24.5 Å². The molecule has 0 fully saturated rings. The lowest BCUT2D eigenvalue weighted by Crippen LogP contribution is -2.35. The topological polar surface area (TPSA) is 29.1 Å². The lowest BCUT2D eigenvalue weighted by Gasteiger charge is -2.14. The predicted molar refractivity (Wildman–Crippen MR) is 77.9 cm³/mol. The molecule has 0 bridgehead atoms. The maximum Gasteiger partial charge on any atom is 0.224 e. The van der Waals surface area contributed by atoms with Crippen LogP contribution in [0.1, 0.15) is 18.1 Å². The van der Waals surface area contributed by atoms with Crippen molar-refractivity contribution >= 4 is 5.91 Å². The van der Waals surface area contributed by atoms with Crippen molar-refractivity contribution in [2.45, 2.75) is 25.8 Å². The minimum Gasteiger partial charge on any atom is -0.353 e. The number of hydrogen-bond donors (Lipinski definition) is 1. The summed E-state index contributed by atoms with van der Waals surface area (Å²) in [6.07, 6.45) is 1.31. The number of carbonyl (C=O) groups excluding carboxylic acids is 1. The minimum atomic E-state index is 0.0784. The molecule has 1 N–H and O–H groups in total. The molecule has 1 amide bonds. The van der Waals surface area contributed by atoms with Crippen LogP contribution in [0.2, 0.25) is 0 Å². The first-order valence-corrected chi connectivity index (χ1v) is 6.61. The van der Waals surface area contributed by atoms with Gasteiger partial charge in [0.25, 0.3) is 0 Å². The summed E-state index contributed by atoms with van der Waals surface area (Å²) in [7, 11) is 0. The highest BCUT2D eigenvalue weighted by atomic mass is 16.1. The normalized spacial score (nSPS) is 11.8. The summed E-state index contributed by atoms with van der Waals surface area (Å²) in [4.78, 5) is 11.9. The molecule has 0 aliphatic rings. The molecule has 0 aliphatic carbocycles. The second kappa shape index (κ2) is 6.74. The third kappa shape index (κ3) is 4.59. The summed E-state index contributed by atoms with van der Waals surface area (Å²) in [5, 5.41) is 3.04. The fourth-order valence-electron chi connectivity index (χ4n) is 2.13. The first-order valence-electron chi connectivity index (χ1n) is 6.61. The number of rotatable bonds is 5. The Labute approximate surface area is 114 Å². The summed E-state index contributed by atoms with van der Waals surface area (Å²) >= 11 is 0. The van der Waals surface area contributed by atoms with Gasteiger partial charge in [0.1, 0.15) is 0 Å². The van der Waals surface area contributed by atoms with Gasteiger partial charge in [-0.25, -0.2) is 0 Å². The van der Waals surface area contributed by atoms with Crippen LogP contribution in [0.5, 0.6) is 0 Å². The van der Waals surface area contributed by atoms with Crippen LogP contribution in [0, 0.1) is 0 Å². The van der Waals surface area contributed by atoms with Crippen molar-refractivity contribution in [1.82, 2.24) is 5.32 Å². The van der Waals surface area contributed by atoms with Crippen LogP contribution in [0.4, 0.5) is 0 Å². The van der Waals surface area contributed by atoms with E-state index in [0.717, 1.165) is 12.0 Å². The number of nitrogens with one attached hydrogen (secondary N) is 1. The van der Waals surface area contributed by atoms with Gasteiger partial charge in [-0.3, -0.25) is 4.79 Å². The van der Waals surface area contributed by atoms with Gasteiger partial charge in [-0.15, -0.1) is 0 Å². The molecular formula is C17H19NO. The highest BCUT2D eigenvalue weighted by molar-refractivity contribution is 5.78. The van der Waals surface area contributed by atoms with Gasteiger partial charge >= 0.3 is 0 Å². The second-order valence-corrected chi connectivity index (χ2v) is 4.82. The Morgan fingerprint density at radius 3 is 2.05 bits per heavy atom. The van der Waals surface area contributed by atoms with Gasteiger partial charge < -0.3 is 5.32 Å². The molecular weight excluding hydrogens is 234 g/mol. The van der Waals surface area contributed by atoms with Crippen molar-refractivity contribution in [3.8, 4) is 0 Å². The van der Waals surface area contributed by atoms with E-state index < -0.39 is 0 Å². The number of carbonyl (C=O) groups is 1. The van der Waals surface area contributed by atoms with E-state index in [1.807, 2.05) is 55.5 Å². The fraction of sp³-hybridized carbons (Fsp3) is 0.235. The van der Waals surface area contributed by atoms with Crippen LogP contribution >= 0.6 is 0 Å². The Morgan fingerprint density at radius 1 is 0.947 bits per heavy atom. The molecule has 0 radical (unpaired) electrons. The van der Waals surface area contributed by atoms with Crippen molar-refractivity contribution in [2.24, 2.45) is 0 Å². The molecule has 98 valence electrons. The molecule has 0 aliphatic heterocycles. The van der Waals surface area contributed by atoms with E-state index in [2.05, 4.69) is 17.4 Å². The highest BCUT2D eigenvalue weighted by Gasteiger charge is 2.08. The van der Waals surface area contributed by atoms with Crippen molar-refractivity contribution in [2.75, 3.05) is 0 Å². The summed E-state index contributed by atoms with van der Waals surface area (Å²) in [6, 6.07) is 20.2. The monoisotopic (exact) mass is 253 g/mol. The van der Waals surface area contributed by atoms with Gasteiger partial charge in [-0.2, -0.15) is 0 Å². The van der Waals surface area contributed by atoms with Crippen LogP contribution in [0.25, 0.3) is 0 Å². The van der Waals surface area contributed by atoms with Gasteiger partial charge in [-0.1, -0.05) is 60.7 Å². The minimum absolute atomic E-state index is 0.0784. The highest BCUT2D eigenvalue weighted by Crippen LogP contribution is 2.04. The molecule has 0 spiro atoms. The third-order valence-corrected chi connectivity index (χ3v) is 3.00. The average Bonchev–Trinajstić information content (AvgIpc) is 2.40. The van der Waals surface area contributed by atoms with Crippen molar-refractivity contribution in [1.29, 1.82) is 0 Å².